The fraction of sp³-hybridized carbons (Fsp3) is 0.500. The Morgan fingerprint density at radius 1 is 1.26 bits per heavy atom. The molecule has 0 spiro atoms. The molecule has 2 rings (SSSR count). The Morgan fingerprint density at radius 3 is 2.21 bits per heavy atom. The van der Waals surface area contributed by atoms with Crippen molar-refractivity contribution in [3.8, 4) is 11.3 Å². The van der Waals surface area contributed by atoms with Crippen LogP contribution in [-0.2, 0) is 22.4 Å². The number of hydrogen-bond acceptors (Lipinski definition) is 3. The van der Waals surface area contributed by atoms with Gasteiger partial charge in [0.15, 0.2) is 0 Å². The molecule has 0 fully saturated rings. The Hall–Kier alpha value is -0.480. The van der Waals surface area contributed by atoms with Crippen molar-refractivity contribution in [1.82, 2.24) is 25.6 Å². The van der Waals surface area contributed by atoms with Crippen molar-refractivity contribution in [2.45, 2.75) is 20.8 Å². The van der Waals surface area contributed by atoms with E-state index in [2.05, 4.69) is 59.2 Å². The van der Waals surface area contributed by atoms with Crippen LogP contribution >= 0.6 is 7.26 Å². The summed E-state index contributed by atoms with van der Waals surface area (Å²) in [6, 6.07) is 0. The van der Waals surface area contributed by atoms with Gasteiger partial charge < -0.3 is 5.10 Å². The molecule has 19 heavy (non-hydrogen) atoms. The second-order valence-electron chi connectivity index (χ2n) is 4.08. The van der Waals surface area contributed by atoms with E-state index >= 15 is 0 Å². The molecule has 0 saturated carbocycles. The molecule has 2 heterocycles. The predicted molar refractivity (Wildman–Crippen MR) is 76.7 cm³/mol. The van der Waals surface area contributed by atoms with Crippen molar-refractivity contribution in [3.63, 3.8) is 0 Å². The summed E-state index contributed by atoms with van der Waals surface area (Å²) in [4.78, 5) is 0. The smallest absolute Gasteiger partial charge is 0.0298 e. The molecule has 0 bridgehead atoms. The summed E-state index contributed by atoms with van der Waals surface area (Å²) < 4.78 is 0. The average molecular weight is 463 g/mol. The first kappa shape index (κ1) is 18.5. The van der Waals surface area contributed by atoms with Crippen LogP contribution in [0.25, 0.3) is 11.3 Å². The third-order valence-electron chi connectivity index (χ3n) is 3.17. The minimum atomic E-state index is -0.662. The Morgan fingerprint density at radius 2 is 1.89 bits per heavy atom. The van der Waals surface area contributed by atoms with Gasteiger partial charge in [0.2, 0.25) is 0 Å². The second-order valence-corrected chi connectivity index (χ2v) is 8.66. The summed E-state index contributed by atoms with van der Waals surface area (Å²) in [5, 5.41) is 16.1. The minimum absolute atomic E-state index is 0. The summed E-state index contributed by atoms with van der Waals surface area (Å²) >= 11 is 0. The summed E-state index contributed by atoms with van der Waals surface area (Å²) in [7, 11) is -0.662. The monoisotopic (exact) mass is 463 g/mol. The van der Waals surface area contributed by atoms with Crippen LogP contribution in [0.15, 0.2) is 12.4 Å². The van der Waals surface area contributed by atoms with Crippen LogP contribution in [-0.4, -0.2) is 44.1 Å². The molecule has 2 N–H and O–H groups in total. The van der Waals surface area contributed by atoms with E-state index in [-0.39, 0.29) is 22.4 Å². The van der Waals surface area contributed by atoms with Crippen LogP contribution in [0, 0.1) is 12.9 Å². The largest absolute Gasteiger partial charge is 0.304 e. The fourth-order valence-electron chi connectivity index (χ4n) is 1.36. The van der Waals surface area contributed by atoms with E-state index in [1.54, 1.807) is 12.4 Å². The van der Waals surface area contributed by atoms with Gasteiger partial charge in [-0.2, -0.15) is 6.66 Å². The van der Waals surface area contributed by atoms with E-state index in [1.807, 2.05) is 0 Å². The van der Waals surface area contributed by atoms with E-state index in [1.165, 1.54) is 18.5 Å². The summed E-state index contributed by atoms with van der Waals surface area (Å²) in [5.41, 5.74) is 1.65. The molecule has 0 aliphatic rings. The first-order valence-corrected chi connectivity index (χ1v) is 8.66. The van der Waals surface area contributed by atoms with Gasteiger partial charge in [-0.15, -0.1) is 12.8 Å². The number of H-pyrrole nitrogens is 2. The van der Waals surface area contributed by atoms with Crippen molar-refractivity contribution in [1.29, 1.82) is 0 Å². The molecule has 0 aliphatic carbocycles. The molecule has 1 radical (unpaired) electrons. The van der Waals surface area contributed by atoms with E-state index in [0.29, 0.717) is 0 Å². The van der Waals surface area contributed by atoms with Crippen molar-refractivity contribution >= 4 is 7.26 Å². The zero-order valence-corrected chi connectivity index (χ0v) is 14.6. The number of aromatic amines is 2. The van der Waals surface area contributed by atoms with Gasteiger partial charge in [-0.1, -0.05) is 23.3 Å². The molecule has 0 aromatic carbocycles. The number of nitrogens with zero attached hydrogens (tertiary/aromatic N) is 3. The molecule has 2 aromatic rings. The third kappa shape index (κ3) is 6.00. The summed E-state index contributed by atoms with van der Waals surface area (Å²) in [6.07, 6.45) is 10.0. The number of nitrogens with one attached hydrogen (secondary N) is 2. The van der Waals surface area contributed by atoms with Crippen molar-refractivity contribution < 1.29 is 22.4 Å². The molecule has 5 nitrogen and oxygen atoms in total. The van der Waals surface area contributed by atoms with Crippen LogP contribution < -0.4 is 0 Å². The van der Waals surface area contributed by atoms with Crippen molar-refractivity contribution in [3.05, 3.63) is 25.3 Å². The van der Waals surface area contributed by atoms with Crippen molar-refractivity contribution in [2.24, 2.45) is 0 Å². The molecule has 0 saturated heterocycles. The zero-order chi connectivity index (χ0) is 13.4. The summed E-state index contributed by atoms with van der Waals surface area (Å²) in [6.45, 7) is 11.0. The summed E-state index contributed by atoms with van der Waals surface area (Å²) in [5.74, 6) is 0. The van der Waals surface area contributed by atoms with E-state index < -0.39 is 7.26 Å². The minimum Gasteiger partial charge on any atom is -0.304 e. The molecule has 0 aliphatic heterocycles. The van der Waals surface area contributed by atoms with Gasteiger partial charge >= 0.3 is 0 Å². The van der Waals surface area contributed by atoms with E-state index in [9.17, 15) is 0 Å². The average Bonchev–Trinajstić information content (AvgIpc) is 3.09. The van der Waals surface area contributed by atoms with Crippen LogP contribution in [0.1, 0.15) is 20.8 Å². The molecular weight excluding hydrogens is 442 g/mol. The quantitative estimate of drug-likeness (QED) is 0.417. The molecule has 0 atom stereocenters. The standard InChI is InChI=1S/C7H17P.C5H4N5.Au/c1-5-8(4,6-2)7-3;1-4(2-7-6-1)5-3-8-10-9-5;/h4-7H2,1-3H3;1-2H,(H,6,7)(H,8,9,10);/q;-1;. The maximum absolute atomic E-state index is 4.24. The molecule has 0 unspecified atom stereocenters. The topological polar surface area (TPSA) is 70.2 Å². The van der Waals surface area contributed by atoms with Gasteiger partial charge in [0.25, 0.3) is 0 Å². The van der Waals surface area contributed by atoms with E-state index in [0.717, 1.165) is 11.3 Å². The normalized spacial score (nSPS) is 10.3. The first-order valence-electron chi connectivity index (χ1n) is 6.13. The van der Waals surface area contributed by atoms with E-state index in [4.69, 9.17) is 0 Å². The fourth-order valence-corrected chi connectivity index (χ4v) is 2.70. The maximum atomic E-state index is 4.24. The van der Waals surface area contributed by atoms with Gasteiger partial charge in [0, 0.05) is 40.9 Å². The van der Waals surface area contributed by atoms with Gasteiger partial charge in [-0.3, -0.25) is 5.10 Å². The molecule has 111 valence electrons. The Labute approximate surface area is 131 Å². The molecule has 2 aromatic heterocycles. The van der Waals surface area contributed by atoms with Crippen LogP contribution in [0.3, 0.4) is 0 Å². The zero-order valence-electron chi connectivity index (χ0n) is 11.6. The SMILES string of the molecule is [Au].[CH2-][P+](CC)(CC)CC.[c-]1nn[nH]c1-c1cn[nH]c1. The molecule has 0 amide bonds. The number of rotatable bonds is 4. The third-order valence-corrected chi connectivity index (χ3v) is 7.20. The van der Waals surface area contributed by atoms with Crippen LogP contribution in [0.2, 0.25) is 0 Å². The maximum Gasteiger partial charge on any atom is 0.0298 e. The Kier molecular flexibility index (Phi) is 9.19. The van der Waals surface area contributed by atoms with Crippen LogP contribution in [0.4, 0.5) is 0 Å². The first-order chi connectivity index (χ1) is 8.65. The van der Waals surface area contributed by atoms with Gasteiger partial charge in [0.1, 0.15) is 0 Å². The van der Waals surface area contributed by atoms with Gasteiger partial charge in [0.05, 0.1) is 0 Å². The molecular formula is C12H21AuN5P-. The Balaban J connectivity index is 0.000000335. The number of aromatic nitrogens is 5. The second kappa shape index (κ2) is 9.43. The van der Waals surface area contributed by atoms with Crippen molar-refractivity contribution in [2.75, 3.05) is 18.5 Å². The van der Waals surface area contributed by atoms with Gasteiger partial charge in [-0.05, 0) is 27.0 Å². The predicted octanol–water partition coefficient (Wildman–Crippen LogP) is 2.85. The van der Waals surface area contributed by atoms with Crippen LogP contribution in [0.5, 0.6) is 0 Å². The Bertz CT molecular complexity index is 371. The molecule has 7 heteroatoms. The van der Waals surface area contributed by atoms with Gasteiger partial charge in [-0.25, -0.2) is 10.2 Å². The number of hydrogen-bond donors (Lipinski definition) is 2.